The number of Topliss-reactive ketones (excluding diaryl/α,β-unsaturated/α-hetero) is 1. The Morgan fingerprint density at radius 2 is 1.95 bits per heavy atom. The fraction of sp³-hybridized carbons (Fsp3) is 0.467. The van der Waals surface area contributed by atoms with Gasteiger partial charge in [-0.05, 0) is 25.5 Å². The van der Waals surface area contributed by atoms with Crippen molar-refractivity contribution in [3.8, 4) is 0 Å². The van der Waals surface area contributed by atoms with Crippen LogP contribution in [-0.2, 0) is 9.53 Å². The molecule has 0 bridgehead atoms. The minimum atomic E-state index is -0.115. The highest BCUT2D eigenvalue weighted by molar-refractivity contribution is 5.99. The Morgan fingerprint density at radius 1 is 1.21 bits per heavy atom. The highest BCUT2D eigenvalue weighted by Crippen LogP contribution is 2.13. The zero-order chi connectivity index (χ0) is 14.3. The summed E-state index contributed by atoms with van der Waals surface area (Å²) in [7, 11) is 1.58. The lowest BCUT2D eigenvalue weighted by molar-refractivity contribution is -0.121. The summed E-state index contributed by atoms with van der Waals surface area (Å²) in [6.45, 7) is 4.82. The molecule has 4 nitrogen and oxygen atoms in total. The standard InChI is InChI=1S/C15H21NO3/c1-11-4-5-12(2)13(10-11)14(17)6-7-15(18)16-8-9-19-3/h4-5,10H,6-9H2,1-3H3,(H,16,18). The highest BCUT2D eigenvalue weighted by Gasteiger charge is 2.11. The molecular weight excluding hydrogens is 242 g/mol. The van der Waals surface area contributed by atoms with E-state index in [2.05, 4.69) is 5.32 Å². The van der Waals surface area contributed by atoms with Crippen LogP contribution >= 0.6 is 0 Å². The molecule has 0 unspecified atom stereocenters. The molecule has 19 heavy (non-hydrogen) atoms. The molecule has 1 amide bonds. The summed E-state index contributed by atoms with van der Waals surface area (Å²) in [5, 5.41) is 2.70. The van der Waals surface area contributed by atoms with E-state index in [1.165, 1.54) is 0 Å². The number of amides is 1. The molecule has 4 heteroatoms. The lowest BCUT2D eigenvalue weighted by atomic mass is 9.99. The van der Waals surface area contributed by atoms with Gasteiger partial charge in [-0.1, -0.05) is 17.7 Å². The Labute approximate surface area is 114 Å². The molecule has 1 aromatic carbocycles. The van der Waals surface area contributed by atoms with Crippen molar-refractivity contribution in [2.75, 3.05) is 20.3 Å². The van der Waals surface area contributed by atoms with E-state index in [0.29, 0.717) is 18.7 Å². The molecule has 0 aromatic heterocycles. The van der Waals surface area contributed by atoms with Crippen molar-refractivity contribution in [2.24, 2.45) is 0 Å². The van der Waals surface area contributed by atoms with Gasteiger partial charge < -0.3 is 10.1 Å². The molecule has 0 radical (unpaired) electrons. The zero-order valence-electron chi connectivity index (χ0n) is 11.8. The van der Waals surface area contributed by atoms with E-state index in [1.807, 2.05) is 32.0 Å². The van der Waals surface area contributed by atoms with Gasteiger partial charge in [0.1, 0.15) is 0 Å². The summed E-state index contributed by atoms with van der Waals surface area (Å²) in [6.07, 6.45) is 0.457. The first kappa shape index (κ1) is 15.4. The topological polar surface area (TPSA) is 55.4 Å². The van der Waals surface area contributed by atoms with E-state index in [1.54, 1.807) is 7.11 Å². The van der Waals surface area contributed by atoms with Crippen LogP contribution in [0.15, 0.2) is 18.2 Å². The van der Waals surface area contributed by atoms with Crippen molar-refractivity contribution < 1.29 is 14.3 Å². The number of aryl methyl sites for hydroxylation is 2. The fourth-order valence-corrected chi connectivity index (χ4v) is 1.78. The first-order chi connectivity index (χ1) is 9.04. The predicted molar refractivity (Wildman–Crippen MR) is 74.4 cm³/mol. The minimum Gasteiger partial charge on any atom is -0.383 e. The number of ketones is 1. The molecule has 0 fully saturated rings. The second-order valence-corrected chi connectivity index (χ2v) is 4.58. The third kappa shape index (κ3) is 5.22. The quantitative estimate of drug-likeness (QED) is 0.605. The number of rotatable bonds is 7. The maximum Gasteiger partial charge on any atom is 0.220 e. The van der Waals surface area contributed by atoms with Crippen LogP contribution in [0.5, 0.6) is 0 Å². The van der Waals surface area contributed by atoms with Crippen molar-refractivity contribution in [3.05, 3.63) is 34.9 Å². The summed E-state index contributed by atoms with van der Waals surface area (Å²) >= 11 is 0. The molecule has 0 aliphatic carbocycles. The zero-order valence-corrected chi connectivity index (χ0v) is 11.8. The minimum absolute atomic E-state index is 0.0168. The number of carbonyl (C=O) groups is 2. The molecule has 1 rings (SSSR count). The molecule has 104 valence electrons. The Bertz CT molecular complexity index is 455. The van der Waals surface area contributed by atoms with Crippen LogP contribution in [0.4, 0.5) is 0 Å². The van der Waals surface area contributed by atoms with Crippen LogP contribution in [0.25, 0.3) is 0 Å². The van der Waals surface area contributed by atoms with Gasteiger partial charge in [0.15, 0.2) is 5.78 Å². The molecule has 1 aromatic rings. The summed E-state index contributed by atoms with van der Waals surface area (Å²) in [5.41, 5.74) is 2.72. The second-order valence-electron chi connectivity index (χ2n) is 4.58. The van der Waals surface area contributed by atoms with Gasteiger partial charge in [0.2, 0.25) is 5.91 Å². The molecule has 0 saturated heterocycles. The highest BCUT2D eigenvalue weighted by atomic mass is 16.5. The summed E-state index contributed by atoms with van der Waals surface area (Å²) in [5.74, 6) is -0.0983. The van der Waals surface area contributed by atoms with Crippen LogP contribution in [0.1, 0.15) is 34.3 Å². The average Bonchev–Trinajstić information content (AvgIpc) is 2.39. The smallest absolute Gasteiger partial charge is 0.220 e. The molecule has 0 spiro atoms. The molecule has 0 aliphatic rings. The van der Waals surface area contributed by atoms with E-state index < -0.39 is 0 Å². The molecule has 0 aliphatic heterocycles. The van der Waals surface area contributed by atoms with E-state index in [9.17, 15) is 9.59 Å². The third-order valence-corrected chi connectivity index (χ3v) is 2.90. The van der Waals surface area contributed by atoms with Crippen molar-refractivity contribution >= 4 is 11.7 Å². The van der Waals surface area contributed by atoms with Gasteiger partial charge >= 0.3 is 0 Å². The fourth-order valence-electron chi connectivity index (χ4n) is 1.78. The molecule has 0 atom stereocenters. The molecule has 0 saturated carbocycles. The van der Waals surface area contributed by atoms with Crippen LogP contribution in [-0.4, -0.2) is 32.0 Å². The van der Waals surface area contributed by atoms with Crippen LogP contribution in [0.3, 0.4) is 0 Å². The number of hydrogen-bond acceptors (Lipinski definition) is 3. The molecule has 0 heterocycles. The first-order valence-electron chi connectivity index (χ1n) is 6.40. The largest absolute Gasteiger partial charge is 0.383 e. The lowest BCUT2D eigenvalue weighted by Crippen LogP contribution is -2.27. The van der Waals surface area contributed by atoms with Crippen molar-refractivity contribution in [1.82, 2.24) is 5.32 Å². The molecule has 1 N–H and O–H groups in total. The Balaban J connectivity index is 2.47. The van der Waals surface area contributed by atoms with Crippen molar-refractivity contribution in [1.29, 1.82) is 0 Å². The van der Waals surface area contributed by atoms with E-state index in [0.717, 1.165) is 11.1 Å². The van der Waals surface area contributed by atoms with E-state index in [4.69, 9.17) is 4.74 Å². The number of hydrogen-bond donors (Lipinski definition) is 1. The average molecular weight is 263 g/mol. The SMILES string of the molecule is COCCNC(=O)CCC(=O)c1cc(C)ccc1C. The van der Waals surface area contributed by atoms with Crippen molar-refractivity contribution in [3.63, 3.8) is 0 Å². The van der Waals surface area contributed by atoms with E-state index in [-0.39, 0.29) is 24.5 Å². The third-order valence-electron chi connectivity index (χ3n) is 2.90. The van der Waals surface area contributed by atoms with Gasteiger partial charge in [-0.15, -0.1) is 0 Å². The van der Waals surface area contributed by atoms with Gasteiger partial charge in [-0.3, -0.25) is 9.59 Å². The van der Waals surface area contributed by atoms with Crippen LogP contribution in [0.2, 0.25) is 0 Å². The van der Waals surface area contributed by atoms with Crippen LogP contribution < -0.4 is 5.32 Å². The summed E-state index contributed by atoms with van der Waals surface area (Å²) in [6, 6.07) is 5.78. The Hall–Kier alpha value is -1.68. The number of ether oxygens (including phenoxy) is 1. The van der Waals surface area contributed by atoms with Gasteiger partial charge in [-0.25, -0.2) is 0 Å². The Kier molecular flexibility index (Phi) is 6.22. The van der Waals surface area contributed by atoms with Crippen LogP contribution in [0, 0.1) is 13.8 Å². The first-order valence-corrected chi connectivity index (χ1v) is 6.40. The number of carbonyl (C=O) groups excluding carboxylic acids is 2. The number of nitrogens with one attached hydrogen (secondary N) is 1. The monoisotopic (exact) mass is 263 g/mol. The summed E-state index contributed by atoms with van der Waals surface area (Å²) in [4.78, 5) is 23.5. The lowest BCUT2D eigenvalue weighted by Gasteiger charge is -2.07. The van der Waals surface area contributed by atoms with Gasteiger partial charge in [0.25, 0.3) is 0 Å². The summed E-state index contributed by atoms with van der Waals surface area (Å²) < 4.78 is 4.83. The normalized spacial score (nSPS) is 10.3. The van der Waals surface area contributed by atoms with Gasteiger partial charge in [-0.2, -0.15) is 0 Å². The van der Waals surface area contributed by atoms with Crippen molar-refractivity contribution in [2.45, 2.75) is 26.7 Å². The van der Waals surface area contributed by atoms with E-state index >= 15 is 0 Å². The number of benzene rings is 1. The Morgan fingerprint density at radius 3 is 2.63 bits per heavy atom. The molecular formula is C15H21NO3. The van der Waals surface area contributed by atoms with Gasteiger partial charge in [0, 0.05) is 32.1 Å². The predicted octanol–water partition coefficient (Wildman–Crippen LogP) is 2.03. The maximum absolute atomic E-state index is 12.0. The second kappa shape index (κ2) is 7.69. The number of methoxy groups -OCH3 is 1. The maximum atomic E-state index is 12.0. The van der Waals surface area contributed by atoms with Gasteiger partial charge in [0.05, 0.1) is 6.61 Å².